The van der Waals surface area contributed by atoms with Gasteiger partial charge in [0.15, 0.2) is 0 Å². The van der Waals surface area contributed by atoms with Crippen LogP contribution in [0.2, 0.25) is 0 Å². The normalized spacial score (nSPS) is 17.8. The fourth-order valence-corrected chi connectivity index (χ4v) is 3.53. The molecule has 0 aliphatic heterocycles. The molecule has 3 rings (SSSR count). The number of benzene rings is 1. The van der Waals surface area contributed by atoms with Crippen molar-refractivity contribution >= 4 is 16.6 Å². The number of hydrogen-bond donors (Lipinski definition) is 2. The van der Waals surface area contributed by atoms with Crippen LogP contribution in [0.5, 0.6) is 0 Å². The number of hydrogen-bond acceptors (Lipinski definition) is 3. The van der Waals surface area contributed by atoms with Gasteiger partial charge in [0.25, 0.3) is 0 Å². The van der Waals surface area contributed by atoms with Gasteiger partial charge in [0.2, 0.25) is 0 Å². The van der Waals surface area contributed by atoms with Gasteiger partial charge in [-0.2, -0.15) is 0 Å². The number of aromatic nitrogens is 1. The van der Waals surface area contributed by atoms with Gasteiger partial charge >= 0.3 is 0 Å². The Morgan fingerprint density at radius 3 is 2.76 bits per heavy atom. The van der Waals surface area contributed by atoms with Gasteiger partial charge in [-0.15, -0.1) is 0 Å². The number of aryl methyl sites for hydroxylation is 1. The van der Waals surface area contributed by atoms with Crippen molar-refractivity contribution in [3.63, 3.8) is 0 Å². The smallest absolute Gasteiger partial charge is 0.0725 e. The van der Waals surface area contributed by atoms with Crippen LogP contribution in [0.4, 0.5) is 5.69 Å². The highest BCUT2D eigenvalue weighted by Gasteiger charge is 2.23. The minimum absolute atomic E-state index is 0.371. The van der Waals surface area contributed by atoms with Crippen molar-refractivity contribution in [2.24, 2.45) is 11.7 Å². The van der Waals surface area contributed by atoms with Gasteiger partial charge in [-0.25, -0.2) is 0 Å². The third kappa shape index (κ3) is 3.18. The highest BCUT2D eigenvalue weighted by Crippen LogP contribution is 2.30. The molecule has 1 heterocycles. The second-order valence-electron chi connectivity index (χ2n) is 6.21. The van der Waals surface area contributed by atoms with Crippen molar-refractivity contribution in [1.29, 1.82) is 0 Å². The Balaban J connectivity index is 1.88. The molecular formula is C18H25N3. The standard InChI is InChI=1S/C18H25N3/c1-13-11-17(15-9-5-6-10-16(15)20-13)21-18(12-19)14-7-3-2-4-8-14/h5-6,9-11,14,18H,2-4,7-8,12,19H2,1H3,(H,20,21). The molecule has 1 unspecified atom stereocenters. The average Bonchev–Trinajstić information content (AvgIpc) is 2.53. The highest BCUT2D eigenvalue weighted by molar-refractivity contribution is 5.91. The maximum Gasteiger partial charge on any atom is 0.0725 e. The molecule has 1 aromatic carbocycles. The van der Waals surface area contributed by atoms with Crippen molar-refractivity contribution in [3.8, 4) is 0 Å². The monoisotopic (exact) mass is 283 g/mol. The van der Waals surface area contributed by atoms with E-state index in [1.807, 2.05) is 6.07 Å². The molecule has 0 spiro atoms. The minimum atomic E-state index is 0.371. The second-order valence-corrected chi connectivity index (χ2v) is 6.21. The number of anilines is 1. The fraction of sp³-hybridized carbons (Fsp3) is 0.500. The van der Waals surface area contributed by atoms with E-state index < -0.39 is 0 Å². The Morgan fingerprint density at radius 2 is 2.00 bits per heavy atom. The van der Waals surface area contributed by atoms with Gasteiger partial charge in [-0.3, -0.25) is 4.98 Å². The van der Waals surface area contributed by atoms with Crippen LogP contribution in [0.15, 0.2) is 30.3 Å². The largest absolute Gasteiger partial charge is 0.380 e. The first-order chi connectivity index (χ1) is 10.3. The van der Waals surface area contributed by atoms with Gasteiger partial charge in [0.05, 0.1) is 5.52 Å². The molecule has 1 aliphatic rings. The van der Waals surface area contributed by atoms with Crippen LogP contribution in [-0.2, 0) is 0 Å². The molecule has 3 heteroatoms. The Labute approximate surface area is 127 Å². The molecule has 2 aromatic rings. The zero-order chi connectivity index (χ0) is 14.7. The van der Waals surface area contributed by atoms with E-state index >= 15 is 0 Å². The van der Waals surface area contributed by atoms with E-state index in [2.05, 4.69) is 41.5 Å². The van der Waals surface area contributed by atoms with Crippen molar-refractivity contribution in [1.82, 2.24) is 4.98 Å². The molecule has 0 saturated heterocycles. The SMILES string of the molecule is Cc1cc(NC(CN)C2CCCCC2)c2ccccc2n1. The van der Waals surface area contributed by atoms with E-state index in [4.69, 9.17) is 5.73 Å². The molecule has 3 N–H and O–H groups in total. The van der Waals surface area contributed by atoms with Crippen molar-refractivity contribution < 1.29 is 0 Å². The summed E-state index contributed by atoms with van der Waals surface area (Å²) in [6.07, 6.45) is 6.68. The molecular weight excluding hydrogens is 258 g/mol. The van der Waals surface area contributed by atoms with E-state index in [0.29, 0.717) is 18.5 Å². The highest BCUT2D eigenvalue weighted by atomic mass is 15.0. The lowest BCUT2D eigenvalue weighted by Gasteiger charge is -2.31. The number of rotatable bonds is 4. The lowest BCUT2D eigenvalue weighted by molar-refractivity contribution is 0.320. The van der Waals surface area contributed by atoms with Crippen LogP contribution in [0, 0.1) is 12.8 Å². The Bertz CT molecular complexity index is 602. The van der Waals surface area contributed by atoms with E-state index in [0.717, 1.165) is 11.2 Å². The molecule has 112 valence electrons. The first-order valence-electron chi connectivity index (χ1n) is 8.11. The van der Waals surface area contributed by atoms with Gasteiger partial charge in [-0.1, -0.05) is 37.5 Å². The topological polar surface area (TPSA) is 50.9 Å². The van der Waals surface area contributed by atoms with E-state index in [9.17, 15) is 0 Å². The first-order valence-corrected chi connectivity index (χ1v) is 8.11. The molecule has 0 amide bonds. The zero-order valence-corrected chi connectivity index (χ0v) is 12.8. The summed E-state index contributed by atoms with van der Waals surface area (Å²) in [5.41, 5.74) is 9.34. The maximum absolute atomic E-state index is 6.06. The fourth-order valence-electron chi connectivity index (χ4n) is 3.53. The maximum atomic E-state index is 6.06. The molecule has 0 bridgehead atoms. The predicted octanol–water partition coefficient (Wildman–Crippen LogP) is 3.86. The summed E-state index contributed by atoms with van der Waals surface area (Å²) in [5, 5.41) is 4.91. The summed E-state index contributed by atoms with van der Waals surface area (Å²) in [4.78, 5) is 4.61. The van der Waals surface area contributed by atoms with E-state index in [1.165, 1.54) is 43.2 Å². The molecule has 1 aromatic heterocycles. The third-order valence-corrected chi connectivity index (χ3v) is 4.66. The van der Waals surface area contributed by atoms with Crippen molar-refractivity contribution in [3.05, 3.63) is 36.0 Å². The molecule has 0 radical (unpaired) electrons. The summed E-state index contributed by atoms with van der Waals surface area (Å²) >= 11 is 0. The van der Waals surface area contributed by atoms with E-state index in [-0.39, 0.29) is 0 Å². The summed E-state index contributed by atoms with van der Waals surface area (Å²) in [6.45, 7) is 2.75. The average molecular weight is 283 g/mol. The number of para-hydroxylation sites is 1. The molecule has 1 saturated carbocycles. The molecule has 1 aliphatic carbocycles. The number of nitrogens with two attached hydrogens (primary N) is 1. The molecule has 1 fully saturated rings. The summed E-state index contributed by atoms with van der Waals surface area (Å²) < 4.78 is 0. The van der Waals surface area contributed by atoms with Gasteiger partial charge in [0, 0.05) is 29.4 Å². The number of nitrogens with one attached hydrogen (secondary N) is 1. The lowest BCUT2D eigenvalue weighted by atomic mass is 9.83. The van der Waals surface area contributed by atoms with Gasteiger partial charge < -0.3 is 11.1 Å². The number of fused-ring (bicyclic) bond motifs is 1. The number of nitrogens with zero attached hydrogens (tertiary/aromatic N) is 1. The zero-order valence-electron chi connectivity index (χ0n) is 12.8. The lowest BCUT2D eigenvalue weighted by Crippen LogP contribution is -2.37. The predicted molar refractivity (Wildman–Crippen MR) is 89.5 cm³/mol. The number of pyridine rings is 1. The quantitative estimate of drug-likeness (QED) is 0.895. The van der Waals surface area contributed by atoms with Crippen LogP contribution in [0.3, 0.4) is 0 Å². The van der Waals surface area contributed by atoms with Crippen LogP contribution in [0.1, 0.15) is 37.8 Å². The molecule has 3 nitrogen and oxygen atoms in total. The van der Waals surface area contributed by atoms with Gasteiger partial charge in [-0.05, 0) is 37.8 Å². The second kappa shape index (κ2) is 6.44. The van der Waals surface area contributed by atoms with Crippen LogP contribution >= 0.6 is 0 Å². The van der Waals surface area contributed by atoms with Crippen LogP contribution in [-0.4, -0.2) is 17.6 Å². The van der Waals surface area contributed by atoms with Crippen molar-refractivity contribution in [2.45, 2.75) is 45.1 Å². The summed E-state index contributed by atoms with van der Waals surface area (Å²) in [5.74, 6) is 0.705. The third-order valence-electron chi connectivity index (χ3n) is 4.66. The van der Waals surface area contributed by atoms with Gasteiger partial charge in [0.1, 0.15) is 0 Å². The van der Waals surface area contributed by atoms with Crippen LogP contribution < -0.4 is 11.1 Å². The Kier molecular flexibility index (Phi) is 4.39. The van der Waals surface area contributed by atoms with Crippen LogP contribution in [0.25, 0.3) is 10.9 Å². The van der Waals surface area contributed by atoms with Crippen molar-refractivity contribution in [2.75, 3.05) is 11.9 Å². The Morgan fingerprint density at radius 1 is 1.24 bits per heavy atom. The molecule has 1 atom stereocenters. The summed E-state index contributed by atoms with van der Waals surface area (Å²) in [6, 6.07) is 10.8. The molecule has 21 heavy (non-hydrogen) atoms. The summed E-state index contributed by atoms with van der Waals surface area (Å²) in [7, 11) is 0. The Hall–Kier alpha value is -1.61. The first kappa shape index (κ1) is 14.3. The van der Waals surface area contributed by atoms with E-state index in [1.54, 1.807) is 0 Å². The minimum Gasteiger partial charge on any atom is -0.380 e.